The van der Waals surface area contributed by atoms with Crippen LogP contribution < -0.4 is 0 Å². The van der Waals surface area contributed by atoms with Crippen LogP contribution in [0.25, 0.3) is 0 Å². The van der Waals surface area contributed by atoms with E-state index in [0.717, 1.165) is 19.4 Å². The highest BCUT2D eigenvalue weighted by atomic mass is 19.1. The Bertz CT molecular complexity index is 491. The molecule has 0 radical (unpaired) electrons. The van der Waals surface area contributed by atoms with Crippen molar-refractivity contribution in [1.82, 2.24) is 4.90 Å². The van der Waals surface area contributed by atoms with Gasteiger partial charge in [0, 0.05) is 31.5 Å². The summed E-state index contributed by atoms with van der Waals surface area (Å²) in [7, 11) is 0. The molecule has 2 fully saturated rings. The molecule has 0 aromatic heterocycles. The smallest absolute Gasteiger partial charge is 0.226 e. The number of aliphatic hydroxyl groups is 1. The molecule has 102 valence electrons. The van der Waals surface area contributed by atoms with Crippen LogP contribution >= 0.6 is 0 Å². The van der Waals surface area contributed by atoms with Gasteiger partial charge in [0.2, 0.25) is 5.91 Å². The summed E-state index contributed by atoms with van der Waals surface area (Å²) in [6.45, 7) is 1.52. The summed E-state index contributed by atoms with van der Waals surface area (Å²) >= 11 is 0. The number of hydrogen-bond donors (Lipinski definition) is 1. The molecule has 1 amide bonds. The second-order valence-corrected chi connectivity index (χ2v) is 5.59. The first-order chi connectivity index (χ1) is 9.20. The lowest BCUT2D eigenvalue weighted by Gasteiger charge is -2.16. The summed E-state index contributed by atoms with van der Waals surface area (Å²) in [6, 6.07) is 6.71. The SMILES string of the molecule is O=C(C1CC1c1ccccc1F)N1CCC(CO)C1. The van der Waals surface area contributed by atoms with Crippen molar-refractivity contribution >= 4 is 5.91 Å². The Morgan fingerprint density at radius 2 is 2.21 bits per heavy atom. The Hall–Kier alpha value is -1.42. The maximum Gasteiger partial charge on any atom is 0.226 e. The average molecular weight is 263 g/mol. The van der Waals surface area contributed by atoms with Crippen LogP contribution in [-0.4, -0.2) is 35.6 Å². The number of carbonyl (C=O) groups excluding carboxylic acids is 1. The highest BCUT2D eigenvalue weighted by molar-refractivity contribution is 5.83. The van der Waals surface area contributed by atoms with Gasteiger partial charge in [-0.1, -0.05) is 18.2 Å². The zero-order chi connectivity index (χ0) is 13.4. The van der Waals surface area contributed by atoms with Gasteiger partial charge >= 0.3 is 0 Å². The molecular weight excluding hydrogens is 245 g/mol. The fraction of sp³-hybridized carbons (Fsp3) is 0.533. The van der Waals surface area contributed by atoms with Gasteiger partial charge in [0.15, 0.2) is 0 Å². The predicted molar refractivity (Wildman–Crippen MR) is 69.0 cm³/mol. The number of aliphatic hydroxyl groups excluding tert-OH is 1. The Balaban J connectivity index is 1.64. The first kappa shape index (κ1) is 12.6. The lowest BCUT2D eigenvalue weighted by molar-refractivity contribution is -0.131. The van der Waals surface area contributed by atoms with Gasteiger partial charge in [-0.2, -0.15) is 0 Å². The topological polar surface area (TPSA) is 40.5 Å². The summed E-state index contributed by atoms with van der Waals surface area (Å²) in [5.74, 6) is 0.118. The number of likely N-dealkylation sites (tertiary alicyclic amines) is 1. The number of halogens is 1. The number of amides is 1. The molecule has 1 aliphatic heterocycles. The predicted octanol–water partition coefficient (Wildman–Crippen LogP) is 1.77. The zero-order valence-corrected chi connectivity index (χ0v) is 10.8. The number of carbonyl (C=O) groups is 1. The highest BCUT2D eigenvalue weighted by Gasteiger charge is 2.47. The standard InChI is InChI=1S/C15H18FNO2/c16-14-4-2-1-3-11(14)12-7-13(12)15(19)17-6-5-10(8-17)9-18/h1-4,10,12-13,18H,5-9H2. The first-order valence-electron chi connectivity index (χ1n) is 6.84. The summed E-state index contributed by atoms with van der Waals surface area (Å²) in [6.07, 6.45) is 1.62. The van der Waals surface area contributed by atoms with Crippen molar-refractivity contribution in [1.29, 1.82) is 0 Å². The van der Waals surface area contributed by atoms with Crippen molar-refractivity contribution in [3.05, 3.63) is 35.6 Å². The van der Waals surface area contributed by atoms with Crippen LogP contribution in [0.5, 0.6) is 0 Å². The average Bonchev–Trinajstić information content (AvgIpc) is 3.07. The van der Waals surface area contributed by atoms with E-state index in [-0.39, 0.29) is 36.1 Å². The molecule has 4 heteroatoms. The molecule has 2 aliphatic rings. The van der Waals surface area contributed by atoms with E-state index in [4.69, 9.17) is 5.11 Å². The second kappa shape index (κ2) is 4.93. The third-order valence-corrected chi connectivity index (χ3v) is 4.27. The Morgan fingerprint density at radius 1 is 1.42 bits per heavy atom. The molecule has 3 nitrogen and oxygen atoms in total. The lowest BCUT2D eigenvalue weighted by Crippen LogP contribution is -2.30. The van der Waals surface area contributed by atoms with Crippen molar-refractivity contribution in [3.63, 3.8) is 0 Å². The third kappa shape index (κ3) is 2.37. The quantitative estimate of drug-likeness (QED) is 0.903. The normalized spacial score (nSPS) is 29.6. The van der Waals surface area contributed by atoms with Gasteiger partial charge in [0.1, 0.15) is 5.82 Å². The fourth-order valence-corrected chi connectivity index (χ4v) is 3.00. The molecule has 1 aliphatic carbocycles. The minimum absolute atomic E-state index is 0.0434. The lowest BCUT2D eigenvalue weighted by atomic mass is 10.1. The van der Waals surface area contributed by atoms with Crippen molar-refractivity contribution < 1.29 is 14.3 Å². The first-order valence-corrected chi connectivity index (χ1v) is 6.84. The molecule has 19 heavy (non-hydrogen) atoms. The van der Waals surface area contributed by atoms with Crippen LogP contribution in [-0.2, 0) is 4.79 Å². The van der Waals surface area contributed by atoms with E-state index in [2.05, 4.69) is 0 Å². The van der Waals surface area contributed by atoms with Gasteiger partial charge in [-0.25, -0.2) is 4.39 Å². The van der Waals surface area contributed by atoms with E-state index < -0.39 is 0 Å². The molecule has 0 spiro atoms. The van der Waals surface area contributed by atoms with E-state index >= 15 is 0 Å². The maximum absolute atomic E-state index is 13.7. The largest absolute Gasteiger partial charge is 0.396 e. The highest BCUT2D eigenvalue weighted by Crippen LogP contribution is 2.49. The Morgan fingerprint density at radius 3 is 2.89 bits per heavy atom. The summed E-state index contributed by atoms with van der Waals surface area (Å²) in [5, 5.41) is 9.10. The maximum atomic E-state index is 13.7. The summed E-state index contributed by atoms with van der Waals surface area (Å²) in [5.41, 5.74) is 0.666. The molecule has 1 aromatic carbocycles. The second-order valence-electron chi connectivity index (χ2n) is 5.59. The molecule has 1 N–H and O–H groups in total. The van der Waals surface area contributed by atoms with E-state index in [1.54, 1.807) is 12.1 Å². The van der Waals surface area contributed by atoms with Gasteiger partial charge in [0.25, 0.3) is 0 Å². The molecule has 0 bridgehead atoms. The molecule has 3 unspecified atom stereocenters. The van der Waals surface area contributed by atoms with Gasteiger partial charge in [-0.3, -0.25) is 4.79 Å². The van der Waals surface area contributed by atoms with Gasteiger partial charge in [-0.05, 0) is 30.4 Å². The third-order valence-electron chi connectivity index (χ3n) is 4.27. The van der Waals surface area contributed by atoms with Crippen LogP contribution in [0.15, 0.2) is 24.3 Å². The molecule has 1 heterocycles. The molecular formula is C15H18FNO2. The summed E-state index contributed by atoms with van der Waals surface area (Å²) < 4.78 is 13.7. The fourth-order valence-electron chi connectivity index (χ4n) is 3.00. The van der Waals surface area contributed by atoms with Crippen LogP contribution in [0, 0.1) is 17.7 Å². The Kier molecular flexibility index (Phi) is 3.27. The van der Waals surface area contributed by atoms with E-state index in [1.807, 2.05) is 11.0 Å². The van der Waals surface area contributed by atoms with Crippen molar-refractivity contribution in [3.8, 4) is 0 Å². The zero-order valence-electron chi connectivity index (χ0n) is 10.8. The van der Waals surface area contributed by atoms with Crippen LogP contribution in [0.2, 0.25) is 0 Å². The van der Waals surface area contributed by atoms with E-state index in [9.17, 15) is 9.18 Å². The van der Waals surface area contributed by atoms with Crippen molar-refractivity contribution in [2.24, 2.45) is 11.8 Å². The van der Waals surface area contributed by atoms with Crippen molar-refractivity contribution in [2.45, 2.75) is 18.8 Å². The van der Waals surface area contributed by atoms with Gasteiger partial charge < -0.3 is 10.0 Å². The van der Waals surface area contributed by atoms with Gasteiger partial charge in [-0.15, -0.1) is 0 Å². The molecule has 1 aromatic rings. The molecule has 3 rings (SSSR count). The monoisotopic (exact) mass is 263 g/mol. The number of hydrogen-bond acceptors (Lipinski definition) is 2. The van der Waals surface area contributed by atoms with Gasteiger partial charge in [0.05, 0.1) is 0 Å². The summed E-state index contributed by atoms with van der Waals surface area (Å²) in [4.78, 5) is 14.1. The number of benzene rings is 1. The number of rotatable bonds is 3. The van der Waals surface area contributed by atoms with Crippen LogP contribution in [0.3, 0.4) is 0 Å². The Labute approximate surface area is 112 Å². The number of nitrogens with zero attached hydrogens (tertiary/aromatic N) is 1. The molecule has 1 saturated carbocycles. The van der Waals surface area contributed by atoms with Crippen LogP contribution in [0.1, 0.15) is 24.3 Å². The van der Waals surface area contributed by atoms with Crippen molar-refractivity contribution in [2.75, 3.05) is 19.7 Å². The minimum Gasteiger partial charge on any atom is -0.396 e. The van der Waals surface area contributed by atoms with E-state index in [0.29, 0.717) is 12.1 Å². The van der Waals surface area contributed by atoms with E-state index in [1.165, 1.54) is 6.07 Å². The molecule has 1 saturated heterocycles. The molecule has 3 atom stereocenters. The van der Waals surface area contributed by atoms with Crippen LogP contribution in [0.4, 0.5) is 4.39 Å². The minimum atomic E-state index is -0.211.